The summed E-state index contributed by atoms with van der Waals surface area (Å²) >= 11 is 0. The van der Waals surface area contributed by atoms with Gasteiger partial charge in [0.05, 0.1) is 0 Å². The van der Waals surface area contributed by atoms with Gasteiger partial charge in [0.2, 0.25) is 0 Å². The van der Waals surface area contributed by atoms with Crippen LogP contribution in [0.1, 0.15) is 35.7 Å². The first-order valence-corrected chi connectivity index (χ1v) is 6.20. The Hall–Kier alpha value is -1.91. The second kappa shape index (κ2) is 6.87. The van der Waals surface area contributed by atoms with E-state index in [-0.39, 0.29) is 30.4 Å². The van der Waals surface area contributed by atoms with Gasteiger partial charge in [0, 0.05) is 18.5 Å². The third-order valence-electron chi connectivity index (χ3n) is 3.03. The third-order valence-corrected chi connectivity index (χ3v) is 3.03. The molecule has 2 N–H and O–H groups in total. The number of carboxylic acids is 1. The molecule has 1 aromatic rings. The molecule has 0 aromatic heterocycles. The molecule has 0 radical (unpaired) electrons. The zero-order chi connectivity index (χ0) is 14.4. The first-order valence-electron chi connectivity index (χ1n) is 6.20. The van der Waals surface area contributed by atoms with Crippen LogP contribution in [0.5, 0.6) is 0 Å². The number of amides is 1. The number of benzene rings is 1. The van der Waals surface area contributed by atoms with Crippen molar-refractivity contribution in [2.24, 2.45) is 5.92 Å². The molecule has 1 amide bonds. The van der Waals surface area contributed by atoms with Gasteiger partial charge in [-0.05, 0) is 30.5 Å². The lowest BCUT2D eigenvalue weighted by molar-refractivity contribution is -0.138. The summed E-state index contributed by atoms with van der Waals surface area (Å²) in [7, 11) is 0. The molecule has 4 nitrogen and oxygen atoms in total. The van der Waals surface area contributed by atoms with Gasteiger partial charge in [-0.1, -0.05) is 19.4 Å². The van der Waals surface area contributed by atoms with E-state index in [1.807, 2.05) is 6.92 Å². The van der Waals surface area contributed by atoms with Gasteiger partial charge in [0.1, 0.15) is 5.82 Å². The predicted octanol–water partition coefficient (Wildman–Crippen LogP) is 2.36. The molecule has 0 aliphatic heterocycles. The number of hydrogen-bond donors (Lipinski definition) is 2. The molecule has 0 fully saturated rings. The monoisotopic (exact) mass is 267 g/mol. The van der Waals surface area contributed by atoms with E-state index in [9.17, 15) is 14.0 Å². The van der Waals surface area contributed by atoms with Gasteiger partial charge < -0.3 is 10.4 Å². The van der Waals surface area contributed by atoms with E-state index in [1.165, 1.54) is 6.07 Å². The van der Waals surface area contributed by atoms with Gasteiger partial charge >= 0.3 is 5.97 Å². The molecule has 1 aromatic carbocycles. The van der Waals surface area contributed by atoms with E-state index in [4.69, 9.17) is 5.11 Å². The molecular formula is C14H18FNO3. The second-order valence-electron chi connectivity index (χ2n) is 4.55. The lowest BCUT2D eigenvalue weighted by atomic mass is 10.0. The number of carbonyl (C=O) groups excluding carboxylic acids is 1. The number of carboxylic acid groups (broad SMARTS) is 1. The number of aryl methyl sites for hydroxylation is 1. The average molecular weight is 267 g/mol. The fourth-order valence-electron chi connectivity index (χ4n) is 1.68. The molecule has 19 heavy (non-hydrogen) atoms. The maximum absolute atomic E-state index is 13.3. The average Bonchev–Trinajstić information content (AvgIpc) is 2.36. The van der Waals surface area contributed by atoms with Crippen LogP contribution in [0.4, 0.5) is 4.39 Å². The normalized spacial score (nSPS) is 11.9. The van der Waals surface area contributed by atoms with Crippen molar-refractivity contribution in [3.63, 3.8) is 0 Å². The quantitative estimate of drug-likeness (QED) is 0.831. The molecule has 0 aliphatic carbocycles. The summed E-state index contributed by atoms with van der Waals surface area (Å²) in [5, 5.41) is 11.3. The second-order valence-corrected chi connectivity index (χ2v) is 4.55. The first-order chi connectivity index (χ1) is 8.93. The number of aliphatic carboxylic acids is 1. The van der Waals surface area contributed by atoms with Crippen molar-refractivity contribution in [3.8, 4) is 0 Å². The van der Waals surface area contributed by atoms with Crippen LogP contribution in [-0.4, -0.2) is 23.5 Å². The van der Waals surface area contributed by atoms with Crippen molar-refractivity contribution >= 4 is 11.9 Å². The number of rotatable bonds is 6. The van der Waals surface area contributed by atoms with Gasteiger partial charge in [-0.3, -0.25) is 9.59 Å². The van der Waals surface area contributed by atoms with Crippen molar-refractivity contribution in [1.29, 1.82) is 0 Å². The van der Waals surface area contributed by atoms with Crippen LogP contribution in [-0.2, 0) is 4.79 Å². The van der Waals surface area contributed by atoms with E-state index in [0.29, 0.717) is 12.0 Å². The Labute approximate surface area is 111 Å². The molecule has 0 spiro atoms. The Morgan fingerprint density at radius 3 is 2.63 bits per heavy atom. The highest BCUT2D eigenvalue weighted by Gasteiger charge is 2.14. The molecule has 1 unspecified atom stereocenters. The van der Waals surface area contributed by atoms with Crippen molar-refractivity contribution in [3.05, 3.63) is 35.1 Å². The Morgan fingerprint density at radius 1 is 1.42 bits per heavy atom. The van der Waals surface area contributed by atoms with Gasteiger partial charge in [0.15, 0.2) is 0 Å². The van der Waals surface area contributed by atoms with Crippen molar-refractivity contribution in [2.45, 2.75) is 26.7 Å². The summed E-state index contributed by atoms with van der Waals surface area (Å²) < 4.78 is 13.3. The van der Waals surface area contributed by atoms with E-state index in [0.717, 1.165) is 0 Å². The van der Waals surface area contributed by atoms with Crippen molar-refractivity contribution in [1.82, 2.24) is 5.32 Å². The zero-order valence-electron chi connectivity index (χ0n) is 11.1. The van der Waals surface area contributed by atoms with E-state index >= 15 is 0 Å². The molecule has 1 atom stereocenters. The molecule has 0 saturated heterocycles. The molecule has 5 heteroatoms. The summed E-state index contributed by atoms with van der Waals surface area (Å²) in [6.45, 7) is 3.76. The SMILES string of the molecule is CCC(CNC(=O)c1ccc(C)c(F)c1)CC(=O)O. The smallest absolute Gasteiger partial charge is 0.303 e. The third kappa shape index (κ3) is 4.69. The predicted molar refractivity (Wildman–Crippen MR) is 69.5 cm³/mol. The van der Waals surface area contributed by atoms with E-state index in [1.54, 1.807) is 19.1 Å². The molecule has 104 valence electrons. The van der Waals surface area contributed by atoms with Crippen LogP contribution in [0.3, 0.4) is 0 Å². The van der Waals surface area contributed by atoms with Crippen LogP contribution >= 0.6 is 0 Å². The van der Waals surface area contributed by atoms with Crippen LogP contribution in [0.2, 0.25) is 0 Å². The van der Waals surface area contributed by atoms with Crippen LogP contribution in [0.15, 0.2) is 18.2 Å². The largest absolute Gasteiger partial charge is 0.481 e. The van der Waals surface area contributed by atoms with Crippen LogP contribution in [0.25, 0.3) is 0 Å². The topological polar surface area (TPSA) is 66.4 Å². The molecule has 0 heterocycles. The molecule has 0 aliphatic rings. The minimum Gasteiger partial charge on any atom is -0.481 e. The van der Waals surface area contributed by atoms with Crippen molar-refractivity contribution in [2.75, 3.05) is 6.54 Å². The highest BCUT2D eigenvalue weighted by molar-refractivity contribution is 5.94. The Bertz CT molecular complexity index is 474. The number of hydrogen-bond acceptors (Lipinski definition) is 2. The van der Waals surface area contributed by atoms with Gasteiger partial charge in [-0.15, -0.1) is 0 Å². The summed E-state index contributed by atoms with van der Waals surface area (Å²) in [6, 6.07) is 4.27. The molecule has 0 bridgehead atoms. The summed E-state index contributed by atoms with van der Waals surface area (Å²) in [6.07, 6.45) is 0.674. The van der Waals surface area contributed by atoms with E-state index in [2.05, 4.69) is 5.32 Å². The van der Waals surface area contributed by atoms with Crippen molar-refractivity contribution < 1.29 is 19.1 Å². The summed E-state index contributed by atoms with van der Waals surface area (Å²) in [5.74, 6) is -1.81. The molecular weight excluding hydrogens is 249 g/mol. The fourth-order valence-corrected chi connectivity index (χ4v) is 1.68. The highest BCUT2D eigenvalue weighted by Crippen LogP contribution is 2.10. The fraction of sp³-hybridized carbons (Fsp3) is 0.429. The number of carbonyl (C=O) groups is 2. The minimum atomic E-state index is -0.887. The van der Waals surface area contributed by atoms with Gasteiger partial charge in [0.25, 0.3) is 5.91 Å². The highest BCUT2D eigenvalue weighted by atomic mass is 19.1. The number of nitrogens with one attached hydrogen (secondary N) is 1. The lowest BCUT2D eigenvalue weighted by Gasteiger charge is -2.13. The van der Waals surface area contributed by atoms with Crippen LogP contribution < -0.4 is 5.32 Å². The van der Waals surface area contributed by atoms with E-state index < -0.39 is 11.8 Å². The van der Waals surface area contributed by atoms with Gasteiger partial charge in [-0.2, -0.15) is 0 Å². The minimum absolute atomic E-state index is 0.0129. The maximum atomic E-state index is 13.3. The first kappa shape index (κ1) is 15.1. The maximum Gasteiger partial charge on any atom is 0.303 e. The molecule has 0 saturated carbocycles. The summed E-state index contributed by atoms with van der Waals surface area (Å²) in [4.78, 5) is 22.4. The Morgan fingerprint density at radius 2 is 2.11 bits per heavy atom. The Kier molecular flexibility index (Phi) is 5.48. The lowest BCUT2D eigenvalue weighted by Crippen LogP contribution is -2.30. The summed E-state index contributed by atoms with van der Waals surface area (Å²) in [5.41, 5.74) is 0.724. The standard InChI is InChI=1S/C14H18FNO3/c1-3-10(6-13(17)18)8-16-14(19)11-5-4-9(2)12(15)7-11/h4-5,7,10H,3,6,8H2,1-2H3,(H,16,19)(H,17,18). The molecule has 1 rings (SSSR count). The van der Waals surface area contributed by atoms with Gasteiger partial charge in [-0.25, -0.2) is 4.39 Å². The number of halogens is 1. The van der Waals surface area contributed by atoms with Crippen LogP contribution in [0, 0.1) is 18.7 Å². The Balaban J connectivity index is 2.59. The zero-order valence-corrected chi connectivity index (χ0v) is 11.1.